The van der Waals surface area contributed by atoms with Crippen molar-refractivity contribution in [2.45, 2.75) is 0 Å². The Kier molecular flexibility index (Phi) is 4.46. The number of ether oxygens (including phenoxy) is 1. The number of hydrogen-bond donors (Lipinski definition) is 2. The second-order valence-electron chi connectivity index (χ2n) is 3.78. The number of amidine groups is 1. The van der Waals surface area contributed by atoms with E-state index in [1.807, 2.05) is 0 Å². The first-order valence-corrected chi connectivity index (χ1v) is 6.59. The Morgan fingerprint density at radius 1 is 1.35 bits per heavy atom. The van der Waals surface area contributed by atoms with E-state index in [9.17, 15) is 4.39 Å². The fourth-order valence-corrected chi connectivity index (χ4v) is 2.18. The predicted octanol–water partition coefficient (Wildman–Crippen LogP) is 4.13. The maximum Gasteiger partial charge on any atom is 0.175 e. The summed E-state index contributed by atoms with van der Waals surface area (Å²) in [5.41, 5.74) is 5.83. The topological polar surface area (TPSA) is 67.8 Å². The Labute approximate surface area is 127 Å². The van der Waals surface area contributed by atoms with Gasteiger partial charge in [-0.05, 0) is 46.3 Å². The SMILES string of the molecule is N/C(=N/O)c1c(Cl)cccc1Oc1ccc(F)c(Br)c1. The van der Waals surface area contributed by atoms with E-state index in [2.05, 4.69) is 21.1 Å². The van der Waals surface area contributed by atoms with E-state index >= 15 is 0 Å². The number of nitrogens with zero attached hydrogens (tertiary/aromatic N) is 1. The molecule has 4 nitrogen and oxygen atoms in total. The van der Waals surface area contributed by atoms with Crippen molar-refractivity contribution in [3.05, 3.63) is 57.3 Å². The highest BCUT2D eigenvalue weighted by atomic mass is 79.9. The molecule has 7 heteroatoms. The number of rotatable bonds is 3. The van der Waals surface area contributed by atoms with Gasteiger partial charge in [0.15, 0.2) is 5.84 Å². The standard InChI is InChI=1S/C13H9BrClFN2O2/c14-8-6-7(4-5-10(8)16)20-11-3-1-2-9(15)12(11)13(17)18-19/h1-6,19H,(H2,17,18). The molecule has 0 fully saturated rings. The second kappa shape index (κ2) is 6.11. The van der Waals surface area contributed by atoms with Gasteiger partial charge < -0.3 is 15.7 Å². The first-order valence-electron chi connectivity index (χ1n) is 5.42. The van der Waals surface area contributed by atoms with Gasteiger partial charge in [0.25, 0.3) is 0 Å². The van der Waals surface area contributed by atoms with Crippen molar-refractivity contribution in [3.8, 4) is 11.5 Å². The maximum absolute atomic E-state index is 13.2. The molecular weight excluding hydrogens is 351 g/mol. The van der Waals surface area contributed by atoms with Crippen LogP contribution in [0.1, 0.15) is 5.56 Å². The number of halogens is 3. The van der Waals surface area contributed by atoms with Crippen LogP contribution in [0.15, 0.2) is 46.0 Å². The van der Waals surface area contributed by atoms with E-state index in [-0.39, 0.29) is 20.9 Å². The van der Waals surface area contributed by atoms with E-state index in [0.29, 0.717) is 11.5 Å². The third-order valence-electron chi connectivity index (χ3n) is 2.46. The van der Waals surface area contributed by atoms with Crippen LogP contribution in [0.3, 0.4) is 0 Å². The van der Waals surface area contributed by atoms with Crippen LogP contribution >= 0.6 is 27.5 Å². The van der Waals surface area contributed by atoms with E-state index in [4.69, 9.17) is 27.3 Å². The van der Waals surface area contributed by atoms with Gasteiger partial charge in [-0.15, -0.1) is 0 Å². The largest absolute Gasteiger partial charge is 0.457 e. The molecule has 0 radical (unpaired) electrons. The Morgan fingerprint density at radius 2 is 2.10 bits per heavy atom. The van der Waals surface area contributed by atoms with Gasteiger partial charge in [0.05, 0.1) is 15.1 Å². The van der Waals surface area contributed by atoms with Crippen LogP contribution in [0.25, 0.3) is 0 Å². The van der Waals surface area contributed by atoms with Crippen molar-refractivity contribution < 1.29 is 14.3 Å². The van der Waals surface area contributed by atoms with Crippen molar-refractivity contribution in [2.24, 2.45) is 10.9 Å². The summed E-state index contributed by atoms with van der Waals surface area (Å²) < 4.78 is 19.0. The van der Waals surface area contributed by atoms with Gasteiger partial charge in [-0.3, -0.25) is 0 Å². The third kappa shape index (κ3) is 3.02. The molecule has 0 aliphatic heterocycles. The highest BCUT2D eigenvalue weighted by molar-refractivity contribution is 9.10. The molecule has 0 unspecified atom stereocenters. The summed E-state index contributed by atoms with van der Waals surface area (Å²) in [5, 5.41) is 12.0. The number of nitrogens with two attached hydrogens (primary N) is 1. The summed E-state index contributed by atoms with van der Waals surface area (Å²) in [6.07, 6.45) is 0. The van der Waals surface area contributed by atoms with Crippen LogP contribution in [-0.4, -0.2) is 11.0 Å². The molecular formula is C13H9BrClFN2O2. The van der Waals surface area contributed by atoms with Crippen LogP contribution < -0.4 is 10.5 Å². The van der Waals surface area contributed by atoms with Gasteiger partial charge in [-0.25, -0.2) is 4.39 Å². The lowest BCUT2D eigenvalue weighted by molar-refractivity contribution is 0.318. The van der Waals surface area contributed by atoms with Crippen molar-refractivity contribution in [1.82, 2.24) is 0 Å². The van der Waals surface area contributed by atoms with Crippen molar-refractivity contribution in [3.63, 3.8) is 0 Å². The number of hydrogen-bond acceptors (Lipinski definition) is 3. The van der Waals surface area contributed by atoms with Crippen LogP contribution in [0.5, 0.6) is 11.5 Å². The van der Waals surface area contributed by atoms with Crippen LogP contribution in [-0.2, 0) is 0 Å². The molecule has 0 aromatic heterocycles. The van der Waals surface area contributed by atoms with E-state index in [1.54, 1.807) is 18.2 Å². The van der Waals surface area contributed by atoms with E-state index in [1.165, 1.54) is 18.2 Å². The summed E-state index contributed by atoms with van der Waals surface area (Å²) >= 11 is 9.07. The highest BCUT2D eigenvalue weighted by Crippen LogP contribution is 2.32. The average Bonchev–Trinajstić information content (AvgIpc) is 2.42. The summed E-state index contributed by atoms with van der Waals surface area (Å²) in [6, 6.07) is 9.03. The molecule has 0 spiro atoms. The van der Waals surface area contributed by atoms with Gasteiger partial charge in [-0.1, -0.05) is 22.8 Å². The van der Waals surface area contributed by atoms with Crippen molar-refractivity contribution >= 4 is 33.4 Å². The maximum atomic E-state index is 13.2. The van der Waals surface area contributed by atoms with Gasteiger partial charge in [0, 0.05) is 0 Å². The van der Waals surface area contributed by atoms with Gasteiger partial charge >= 0.3 is 0 Å². The zero-order valence-corrected chi connectivity index (χ0v) is 12.3. The van der Waals surface area contributed by atoms with Crippen LogP contribution in [0.4, 0.5) is 4.39 Å². The highest BCUT2D eigenvalue weighted by Gasteiger charge is 2.14. The molecule has 0 aliphatic rings. The quantitative estimate of drug-likeness (QED) is 0.375. The summed E-state index contributed by atoms with van der Waals surface area (Å²) in [5.74, 6) is 0.103. The molecule has 0 amide bonds. The molecule has 2 aromatic carbocycles. The lowest BCUT2D eigenvalue weighted by atomic mass is 10.2. The van der Waals surface area contributed by atoms with Crippen LogP contribution in [0, 0.1) is 5.82 Å². The van der Waals surface area contributed by atoms with Crippen molar-refractivity contribution in [1.29, 1.82) is 0 Å². The summed E-state index contributed by atoms with van der Waals surface area (Å²) in [4.78, 5) is 0. The third-order valence-corrected chi connectivity index (χ3v) is 3.38. The lowest BCUT2D eigenvalue weighted by Crippen LogP contribution is -2.14. The molecule has 0 aliphatic carbocycles. The second-order valence-corrected chi connectivity index (χ2v) is 5.04. The molecule has 0 saturated heterocycles. The normalized spacial score (nSPS) is 11.4. The van der Waals surface area contributed by atoms with Gasteiger partial charge in [0.2, 0.25) is 0 Å². The zero-order chi connectivity index (χ0) is 14.7. The molecule has 2 rings (SSSR count). The fraction of sp³-hybridized carbons (Fsp3) is 0. The molecule has 3 N–H and O–H groups in total. The Bertz CT molecular complexity index is 679. The van der Waals surface area contributed by atoms with Crippen molar-refractivity contribution in [2.75, 3.05) is 0 Å². The molecule has 2 aromatic rings. The molecule has 20 heavy (non-hydrogen) atoms. The van der Waals surface area contributed by atoms with Gasteiger partial charge in [-0.2, -0.15) is 0 Å². The monoisotopic (exact) mass is 358 g/mol. The zero-order valence-electron chi connectivity index (χ0n) is 9.98. The van der Waals surface area contributed by atoms with E-state index < -0.39 is 5.82 Å². The number of oxime groups is 1. The summed E-state index contributed by atoms with van der Waals surface area (Å²) in [7, 11) is 0. The van der Waals surface area contributed by atoms with Crippen LogP contribution in [0.2, 0.25) is 5.02 Å². The average molecular weight is 360 g/mol. The Morgan fingerprint density at radius 3 is 2.75 bits per heavy atom. The lowest BCUT2D eigenvalue weighted by Gasteiger charge is -2.12. The van der Waals surface area contributed by atoms with E-state index in [0.717, 1.165) is 0 Å². The minimum atomic E-state index is -0.403. The molecule has 0 saturated carbocycles. The molecule has 0 atom stereocenters. The Hall–Kier alpha value is -1.79. The number of benzene rings is 2. The van der Waals surface area contributed by atoms with Gasteiger partial charge in [0.1, 0.15) is 17.3 Å². The first-order chi connectivity index (χ1) is 9.52. The predicted molar refractivity (Wildman–Crippen MR) is 78.1 cm³/mol. The molecule has 104 valence electrons. The molecule has 0 heterocycles. The Balaban J connectivity index is 2.43. The fourth-order valence-electron chi connectivity index (χ4n) is 1.56. The molecule has 0 bridgehead atoms. The smallest absolute Gasteiger partial charge is 0.175 e. The summed E-state index contributed by atoms with van der Waals surface area (Å²) in [6.45, 7) is 0. The minimum absolute atomic E-state index is 0.174. The first kappa shape index (κ1) is 14.6. The minimum Gasteiger partial charge on any atom is -0.457 e.